The molecule has 102 valence electrons. The maximum absolute atomic E-state index is 12.0. The summed E-state index contributed by atoms with van der Waals surface area (Å²) in [7, 11) is -3.56. The second kappa shape index (κ2) is 6.73. The summed E-state index contributed by atoms with van der Waals surface area (Å²) in [4.78, 5) is 0.0830. The molecule has 2 N–H and O–H groups in total. The van der Waals surface area contributed by atoms with Gasteiger partial charge in [-0.05, 0) is 31.2 Å². The van der Waals surface area contributed by atoms with Gasteiger partial charge in [0.2, 0.25) is 10.0 Å². The van der Waals surface area contributed by atoms with Crippen LogP contribution in [0.1, 0.15) is 12.5 Å². The number of rotatable bonds is 6. The largest absolute Gasteiger partial charge is 0.316 e. The standard InChI is InChI=1S/C11H16Cl2N2O2S/c1-3-14-4-5-15-18(16,17)9-6-10(12)8(2)11(13)7-9/h6-7,14-15H,3-5H2,1-2H3. The van der Waals surface area contributed by atoms with Gasteiger partial charge in [0, 0.05) is 23.1 Å². The summed E-state index contributed by atoms with van der Waals surface area (Å²) in [5.41, 5.74) is 0.671. The molecular weight excluding hydrogens is 295 g/mol. The van der Waals surface area contributed by atoms with Gasteiger partial charge < -0.3 is 5.32 Å². The summed E-state index contributed by atoms with van der Waals surface area (Å²) in [6, 6.07) is 2.80. The average Bonchev–Trinajstić information content (AvgIpc) is 2.31. The van der Waals surface area contributed by atoms with Gasteiger partial charge in [-0.1, -0.05) is 30.1 Å². The highest BCUT2D eigenvalue weighted by Gasteiger charge is 2.16. The van der Waals surface area contributed by atoms with Gasteiger partial charge in [-0.3, -0.25) is 0 Å². The summed E-state index contributed by atoms with van der Waals surface area (Å²) in [6.07, 6.45) is 0. The van der Waals surface area contributed by atoms with E-state index in [9.17, 15) is 8.42 Å². The lowest BCUT2D eigenvalue weighted by atomic mass is 10.2. The molecule has 0 saturated heterocycles. The highest BCUT2D eigenvalue weighted by molar-refractivity contribution is 7.89. The SMILES string of the molecule is CCNCCNS(=O)(=O)c1cc(Cl)c(C)c(Cl)c1. The Morgan fingerprint density at radius 3 is 2.22 bits per heavy atom. The van der Waals surface area contributed by atoms with Crippen molar-refractivity contribution in [3.8, 4) is 0 Å². The molecule has 7 heteroatoms. The van der Waals surface area contributed by atoms with Crippen LogP contribution in [-0.4, -0.2) is 28.1 Å². The Balaban J connectivity index is 2.85. The van der Waals surface area contributed by atoms with Crippen molar-refractivity contribution in [1.82, 2.24) is 10.0 Å². The van der Waals surface area contributed by atoms with Gasteiger partial charge in [0.15, 0.2) is 0 Å². The fourth-order valence-electron chi connectivity index (χ4n) is 1.31. The first-order valence-corrected chi connectivity index (χ1v) is 7.78. The molecule has 0 aliphatic carbocycles. The van der Waals surface area contributed by atoms with Crippen LogP contribution in [-0.2, 0) is 10.0 Å². The van der Waals surface area contributed by atoms with Gasteiger partial charge >= 0.3 is 0 Å². The molecule has 0 aromatic heterocycles. The minimum Gasteiger partial charge on any atom is -0.316 e. The molecule has 0 spiro atoms. The highest BCUT2D eigenvalue weighted by Crippen LogP contribution is 2.27. The predicted octanol–water partition coefficient (Wildman–Crippen LogP) is 2.19. The molecule has 0 atom stereocenters. The Kier molecular flexibility index (Phi) is 5.88. The number of hydrogen-bond donors (Lipinski definition) is 2. The molecule has 1 rings (SSSR count). The maximum Gasteiger partial charge on any atom is 0.240 e. The molecule has 0 aliphatic heterocycles. The summed E-state index contributed by atoms with van der Waals surface area (Å²) in [5, 5.41) is 3.71. The van der Waals surface area contributed by atoms with Crippen LogP contribution in [0, 0.1) is 6.92 Å². The summed E-state index contributed by atoms with van der Waals surface area (Å²) >= 11 is 11.8. The van der Waals surface area contributed by atoms with Crippen LogP contribution in [0.3, 0.4) is 0 Å². The van der Waals surface area contributed by atoms with Crippen LogP contribution in [0.4, 0.5) is 0 Å². The number of halogens is 2. The van der Waals surface area contributed by atoms with E-state index in [0.717, 1.165) is 6.54 Å². The molecule has 0 bridgehead atoms. The van der Waals surface area contributed by atoms with Crippen molar-refractivity contribution in [3.63, 3.8) is 0 Å². The van der Waals surface area contributed by atoms with Gasteiger partial charge in [0.05, 0.1) is 4.90 Å². The molecule has 0 radical (unpaired) electrons. The number of hydrogen-bond acceptors (Lipinski definition) is 3. The monoisotopic (exact) mass is 310 g/mol. The molecule has 1 aromatic rings. The van der Waals surface area contributed by atoms with E-state index in [-0.39, 0.29) is 4.90 Å². The van der Waals surface area contributed by atoms with E-state index < -0.39 is 10.0 Å². The first kappa shape index (κ1) is 15.7. The van der Waals surface area contributed by atoms with Crippen LogP contribution in [0.15, 0.2) is 17.0 Å². The smallest absolute Gasteiger partial charge is 0.240 e. The number of nitrogens with one attached hydrogen (secondary N) is 2. The Labute approximate surface area is 118 Å². The van der Waals surface area contributed by atoms with Crippen molar-refractivity contribution in [2.75, 3.05) is 19.6 Å². The minimum absolute atomic E-state index is 0.0830. The van der Waals surface area contributed by atoms with Gasteiger partial charge in [0.1, 0.15) is 0 Å². The van der Waals surface area contributed by atoms with E-state index in [1.54, 1.807) is 6.92 Å². The minimum atomic E-state index is -3.56. The van der Waals surface area contributed by atoms with Crippen LogP contribution in [0.5, 0.6) is 0 Å². The van der Waals surface area contributed by atoms with Crippen LogP contribution < -0.4 is 10.0 Å². The number of benzene rings is 1. The van der Waals surface area contributed by atoms with Gasteiger partial charge in [-0.15, -0.1) is 0 Å². The normalized spacial score (nSPS) is 11.8. The third-order valence-corrected chi connectivity index (χ3v) is 4.63. The predicted molar refractivity (Wildman–Crippen MR) is 74.9 cm³/mol. The van der Waals surface area contributed by atoms with E-state index in [4.69, 9.17) is 23.2 Å². The van der Waals surface area contributed by atoms with Crippen LogP contribution >= 0.6 is 23.2 Å². The zero-order valence-corrected chi connectivity index (χ0v) is 12.6. The average molecular weight is 311 g/mol. The Morgan fingerprint density at radius 2 is 1.72 bits per heavy atom. The van der Waals surface area contributed by atoms with Crippen molar-refractivity contribution < 1.29 is 8.42 Å². The van der Waals surface area contributed by atoms with E-state index in [0.29, 0.717) is 28.7 Å². The van der Waals surface area contributed by atoms with Gasteiger partial charge in [-0.25, -0.2) is 13.1 Å². The molecule has 0 aliphatic rings. The second-order valence-corrected chi connectivity index (χ2v) is 6.34. The first-order valence-electron chi connectivity index (χ1n) is 5.54. The molecule has 0 unspecified atom stereocenters. The molecule has 0 fully saturated rings. The number of sulfonamides is 1. The summed E-state index contributed by atoms with van der Waals surface area (Å²) in [5.74, 6) is 0. The first-order chi connectivity index (χ1) is 8.38. The molecule has 0 heterocycles. The molecule has 0 saturated carbocycles. The molecule has 4 nitrogen and oxygen atoms in total. The third-order valence-electron chi connectivity index (χ3n) is 2.41. The number of likely N-dealkylation sites (N-methyl/N-ethyl adjacent to an activating group) is 1. The van der Waals surface area contributed by atoms with Crippen LogP contribution in [0.25, 0.3) is 0 Å². The third kappa shape index (κ3) is 4.10. The Morgan fingerprint density at radius 1 is 1.17 bits per heavy atom. The van der Waals surface area contributed by atoms with E-state index >= 15 is 0 Å². The van der Waals surface area contributed by atoms with Crippen molar-refractivity contribution in [2.24, 2.45) is 0 Å². The van der Waals surface area contributed by atoms with Crippen molar-refractivity contribution in [3.05, 3.63) is 27.7 Å². The summed E-state index contributed by atoms with van der Waals surface area (Å²) < 4.78 is 26.4. The van der Waals surface area contributed by atoms with Crippen molar-refractivity contribution in [2.45, 2.75) is 18.7 Å². The fourth-order valence-corrected chi connectivity index (χ4v) is 3.01. The Bertz CT molecular complexity index is 495. The maximum atomic E-state index is 12.0. The quantitative estimate of drug-likeness (QED) is 0.792. The van der Waals surface area contributed by atoms with Crippen LogP contribution in [0.2, 0.25) is 10.0 Å². The van der Waals surface area contributed by atoms with Crippen molar-refractivity contribution >= 4 is 33.2 Å². The summed E-state index contributed by atoms with van der Waals surface area (Å²) in [6.45, 7) is 5.37. The molecule has 1 aromatic carbocycles. The van der Waals surface area contributed by atoms with Gasteiger partial charge in [-0.2, -0.15) is 0 Å². The lowest BCUT2D eigenvalue weighted by Gasteiger charge is -2.09. The fraction of sp³-hybridized carbons (Fsp3) is 0.455. The lowest BCUT2D eigenvalue weighted by Crippen LogP contribution is -2.31. The van der Waals surface area contributed by atoms with E-state index in [1.165, 1.54) is 12.1 Å². The van der Waals surface area contributed by atoms with Crippen molar-refractivity contribution in [1.29, 1.82) is 0 Å². The Hall–Kier alpha value is -0.330. The molecular formula is C11H16Cl2N2O2S. The van der Waals surface area contributed by atoms with E-state index in [1.807, 2.05) is 6.92 Å². The second-order valence-electron chi connectivity index (χ2n) is 3.76. The van der Waals surface area contributed by atoms with E-state index in [2.05, 4.69) is 10.0 Å². The molecule has 0 amide bonds. The highest BCUT2D eigenvalue weighted by atomic mass is 35.5. The lowest BCUT2D eigenvalue weighted by molar-refractivity contribution is 0.577. The topological polar surface area (TPSA) is 58.2 Å². The molecule has 18 heavy (non-hydrogen) atoms. The zero-order chi connectivity index (χ0) is 13.8. The zero-order valence-electron chi connectivity index (χ0n) is 10.3. The van der Waals surface area contributed by atoms with Gasteiger partial charge in [0.25, 0.3) is 0 Å².